The first-order valence-corrected chi connectivity index (χ1v) is 6.81. The van der Waals surface area contributed by atoms with E-state index >= 15 is 0 Å². The van der Waals surface area contributed by atoms with Crippen molar-refractivity contribution in [2.75, 3.05) is 13.2 Å². The van der Waals surface area contributed by atoms with Gasteiger partial charge in [0.25, 0.3) is 5.91 Å². The van der Waals surface area contributed by atoms with Gasteiger partial charge in [0.05, 0.1) is 5.56 Å². The van der Waals surface area contributed by atoms with Crippen LogP contribution in [0.1, 0.15) is 36.2 Å². The molecular formula is C16H20N2O3. The molecule has 21 heavy (non-hydrogen) atoms. The Balaban J connectivity index is 2.58. The number of benzene rings is 1. The molecule has 0 saturated heterocycles. The summed E-state index contributed by atoms with van der Waals surface area (Å²) in [6.45, 7) is 3.77. The van der Waals surface area contributed by atoms with Gasteiger partial charge in [0.1, 0.15) is 6.61 Å². The Morgan fingerprint density at radius 2 is 2.00 bits per heavy atom. The van der Waals surface area contributed by atoms with Crippen LogP contribution in [0.15, 0.2) is 24.3 Å². The number of amides is 2. The Bertz CT molecular complexity index is 556. The second kappa shape index (κ2) is 8.77. The van der Waals surface area contributed by atoms with Crippen LogP contribution in [0.4, 0.5) is 0 Å². The van der Waals surface area contributed by atoms with Crippen LogP contribution in [-0.4, -0.2) is 36.1 Å². The summed E-state index contributed by atoms with van der Waals surface area (Å²) in [5.74, 6) is 4.87. The predicted octanol–water partition coefficient (Wildman–Crippen LogP) is 0.675. The van der Waals surface area contributed by atoms with E-state index in [0.717, 1.165) is 0 Å². The number of carbonyl (C=O) groups is 2. The van der Waals surface area contributed by atoms with Crippen molar-refractivity contribution in [2.45, 2.75) is 26.3 Å². The maximum atomic E-state index is 12.1. The minimum atomic E-state index is -0.282. The summed E-state index contributed by atoms with van der Waals surface area (Å²) in [6, 6.07) is 6.97. The molecule has 0 unspecified atom stereocenters. The Morgan fingerprint density at radius 1 is 1.29 bits per heavy atom. The molecule has 0 aliphatic carbocycles. The van der Waals surface area contributed by atoms with E-state index in [4.69, 9.17) is 5.11 Å². The zero-order valence-electron chi connectivity index (χ0n) is 12.3. The molecule has 0 atom stereocenters. The van der Waals surface area contributed by atoms with Crippen LogP contribution < -0.4 is 10.6 Å². The van der Waals surface area contributed by atoms with Crippen LogP contribution in [0, 0.1) is 11.8 Å². The molecule has 112 valence electrons. The Morgan fingerprint density at radius 3 is 2.67 bits per heavy atom. The molecule has 0 saturated carbocycles. The van der Waals surface area contributed by atoms with Gasteiger partial charge in [-0.15, -0.1) is 0 Å². The van der Waals surface area contributed by atoms with Gasteiger partial charge < -0.3 is 15.7 Å². The minimum absolute atomic E-state index is 0.0858. The number of aliphatic hydroxyl groups is 1. The lowest BCUT2D eigenvalue weighted by Crippen LogP contribution is -2.34. The van der Waals surface area contributed by atoms with Crippen molar-refractivity contribution in [1.82, 2.24) is 10.6 Å². The van der Waals surface area contributed by atoms with Crippen molar-refractivity contribution in [2.24, 2.45) is 0 Å². The van der Waals surface area contributed by atoms with Crippen molar-refractivity contribution < 1.29 is 14.7 Å². The van der Waals surface area contributed by atoms with Gasteiger partial charge in [-0.2, -0.15) is 0 Å². The average molecular weight is 288 g/mol. The van der Waals surface area contributed by atoms with Crippen molar-refractivity contribution in [3.05, 3.63) is 35.4 Å². The topological polar surface area (TPSA) is 78.4 Å². The quantitative estimate of drug-likeness (QED) is 0.697. The Hall–Kier alpha value is -2.32. The highest BCUT2D eigenvalue weighted by Gasteiger charge is 2.10. The Labute approximate surface area is 124 Å². The molecule has 0 aromatic heterocycles. The number of hydrogen-bond acceptors (Lipinski definition) is 3. The zero-order valence-corrected chi connectivity index (χ0v) is 12.3. The van der Waals surface area contributed by atoms with Crippen LogP contribution in [0.2, 0.25) is 0 Å². The van der Waals surface area contributed by atoms with Crippen molar-refractivity contribution >= 4 is 11.8 Å². The highest BCUT2D eigenvalue weighted by atomic mass is 16.2. The molecule has 5 nitrogen and oxygen atoms in total. The van der Waals surface area contributed by atoms with E-state index in [1.807, 2.05) is 13.8 Å². The maximum Gasteiger partial charge on any atom is 0.252 e. The summed E-state index contributed by atoms with van der Waals surface area (Å²) in [4.78, 5) is 23.5. The normalized spacial score (nSPS) is 9.71. The van der Waals surface area contributed by atoms with Gasteiger partial charge in [0.2, 0.25) is 5.91 Å². The first-order valence-electron chi connectivity index (χ1n) is 6.81. The van der Waals surface area contributed by atoms with E-state index in [0.29, 0.717) is 11.1 Å². The van der Waals surface area contributed by atoms with E-state index in [2.05, 4.69) is 22.5 Å². The second-order valence-electron chi connectivity index (χ2n) is 4.73. The van der Waals surface area contributed by atoms with Gasteiger partial charge in [0.15, 0.2) is 0 Å². The monoisotopic (exact) mass is 288 g/mol. The third-order valence-electron chi connectivity index (χ3n) is 2.56. The largest absolute Gasteiger partial charge is 0.384 e. The third kappa shape index (κ3) is 6.11. The molecule has 0 spiro atoms. The molecule has 2 amide bonds. The minimum Gasteiger partial charge on any atom is -0.384 e. The molecule has 1 aromatic rings. The van der Waals surface area contributed by atoms with Crippen LogP contribution in [0.25, 0.3) is 0 Å². The number of aliphatic hydroxyl groups excluding tert-OH is 1. The van der Waals surface area contributed by atoms with Crippen molar-refractivity contribution in [3.8, 4) is 11.8 Å². The van der Waals surface area contributed by atoms with Crippen LogP contribution in [-0.2, 0) is 4.79 Å². The van der Waals surface area contributed by atoms with Gasteiger partial charge >= 0.3 is 0 Å². The Kier molecular flexibility index (Phi) is 6.99. The molecule has 0 aliphatic heterocycles. The summed E-state index contributed by atoms with van der Waals surface area (Å²) in [7, 11) is 0. The lowest BCUT2D eigenvalue weighted by atomic mass is 10.1. The SMILES string of the molecule is CC(C)NC(=O)CCNC(=O)c1ccccc1C#CCO. The molecule has 1 rings (SSSR count). The molecule has 5 heteroatoms. The van der Waals surface area contributed by atoms with Gasteiger partial charge in [-0.25, -0.2) is 0 Å². The molecule has 0 radical (unpaired) electrons. The lowest BCUT2D eigenvalue weighted by Gasteiger charge is -2.09. The predicted molar refractivity (Wildman–Crippen MR) is 80.6 cm³/mol. The lowest BCUT2D eigenvalue weighted by molar-refractivity contribution is -0.121. The first kappa shape index (κ1) is 16.7. The highest BCUT2D eigenvalue weighted by Crippen LogP contribution is 2.07. The number of carbonyl (C=O) groups excluding carboxylic acids is 2. The fourth-order valence-corrected chi connectivity index (χ4v) is 1.70. The molecule has 0 fully saturated rings. The van der Waals surface area contributed by atoms with Gasteiger partial charge in [-0.05, 0) is 26.0 Å². The van der Waals surface area contributed by atoms with Crippen molar-refractivity contribution in [1.29, 1.82) is 0 Å². The van der Waals surface area contributed by atoms with E-state index in [1.165, 1.54) is 0 Å². The zero-order chi connectivity index (χ0) is 15.7. The molecule has 0 aliphatic rings. The molecule has 0 heterocycles. The van der Waals surface area contributed by atoms with Gasteiger partial charge in [-0.3, -0.25) is 9.59 Å². The van der Waals surface area contributed by atoms with Crippen LogP contribution in [0.3, 0.4) is 0 Å². The van der Waals surface area contributed by atoms with Gasteiger partial charge in [-0.1, -0.05) is 24.0 Å². The van der Waals surface area contributed by atoms with E-state index < -0.39 is 0 Å². The fraction of sp³-hybridized carbons (Fsp3) is 0.375. The highest BCUT2D eigenvalue weighted by molar-refractivity contribution is 5.96. The van der Waals surface area contributed by atoms with Crippen LogP contribution >= 0.6 is 0 Å². The van der Waals surface area contributed by atoms with Crippen LogP contribution in [0.5, 0.6) is 0 Å². The number of nitrogens with one attached hydrogen (secondary N) is 2. The van der Waals surface area contributed by atoms with Gasteiger partial charge in [0, 0.05) is 24.6 Å². The summed E-state index contributed by atoms with van der Waals surface area (Å²) in [5, 5.41) is 14.2. The molecule has 3 N–H and O–H groups in total. The fourth-order valence-electron chi connectivity index (χ4n) is 1.70. The molecule has 1 aromatic carbocycles. The number of rotatable bonds is 5. The summed E-state index contributed by atoms with van der Waals surface area (Å²) in [5.41, 5.74) is 0.985. The van der Waals surface area contributed by atoms with Crippen molar-refractivity contribution in [3.63, 3.8) is 0 Å². The summed E-state index contributed by atoms with van der Waals surface area (Å²) < 4.78 is 0. The smallest absolute Gasteiger partial charge is 0.252 e. The third-order valence-corrected chi connectivity index (χ3v) is 2.56. The maximum absolute atomic E-state index is 12.1. The average Bonchev–Trinajstić information content (AvgIpc) is 2.44. The van der Waals surface area contributed by atoms with E-state index in [1.54, 1.807) is 24.3 Å². The second-order valence-corrected chi connectivity index (χ2v) is 4.73. The van der Waals surface area contributed by atoms with E-state index in [9.17, 15) is 9.59 Å². The molecular weight excluding hydrogens is 268 g/mol. The summed E-state index contributed by atoms with van der Waals surface area (Å²) in [6.07, 6.45) is 0.231. The van der Waals surface area contributed by atoms with E-state index in [-0.39, 0.29) is 37.4 Å². The summed E-state index contributed by atoms with van der Waals surface area (Å²) >= 11 is 0. The first-order chi connectivity index (χ1) is 10.0. The molecule has 0 bridgehead atoms. The standard InChI is InChI=1S/C16H20N2O3/c1-12(2)18-15(20)9-10-17-16(21)14-8-4-3-6-13(14)7-5-11-19/h3-4,6,8,12,19H,9-11H2,1-2H3,(H,17,21)(H,18,20). The number of hydrogen-bond donors (Lipinski definition) is 3.